The van der Waals surface area contributed by atoms with E-state index in [9.17, 15) is 13.2 Å². The average molecular weight is 172 g/mol. The lowest BCUT2D eigenvalue weighted by Gasteiger charge is -2.01. The van der Waals surface area contributed by atoms with Crippen molar-refractivity contribution in [1.29, 1.82) is 5.26 Å². The molecule has 0 fully saturated rings. The monoisotopic (exact) mass is 172 g/mol. The molecule has 12 heavy (non-hydrogen) atoms. The molecule has 62 valence electrons. The van der Waals surface area contributed by atoms with E-state index in [0.29, 0.717) is 0 Å². The summed E-state index contributed by atoms with van der Waals surface area (Å²) in [5.74, 6) is -1.29. The summed E-state index contributed by atoms with van der Waals surface area (Å²) in [7, 11) is 0. The third-order valence-corrected chi connectivity index (χ3v) is 1.28. The second kappa shape index (κ2) is 3.22. The van der Waals surface area contributed by atoms with Gasteiger partial charge in [-0.1, -0.05) is 0 Å². The van der Waals surface area contributed by atoms with E-state index in [0.717, 1.165) is 12.3 Å². The van der Waals surface area contributed by atoms with Crippen molar-refractivity contribution < 1.29 is 13.2 Å². The number of nitriles is 1. The molecule has 1 rings (SSSR count). The van der Waals surface area contributed by atoms with Crippen LogP contribution in [-0.2, 0) is 0 Å². The maximum atomic E-state index is 12.5. The van der Waals surface area contributed by atoms with Crippen molar-refractivity contribution >= 4 is 0 Å². The number of nitrogens with zero attached hydrogens (tertiary/aromatic N) is 2. The Balaban J connectivity index is 3.32. The van der Waals surface area contributed by atoms with Crippen molar-refractivity contribution in [3.8, 4) is 6.07 Å². The molecular weight excluding hydrogens is 169 g/mol. The molecule has 1 aromatic rings. The quantitative estimate of drug-likeness (QED) is 0.607. The summed E-state index contributed by atoms with van der Waals surface area (Å²) < 4.78 is 36.6. The van der Waals surface area contributed by atoms with Gasteiger partial charge in [0.2, 0.25) is 5.95 Å². The number of halogens is 3. The molecule has 0 saturated heterocycles. The van der Waals surface area contributed by atoms with Gasteiger partial charge in [-0.15, -0.1) is 0 Å². The Morgan fingerprint density at radius 1 is 1.50 bits per heavy atom. The molecule has 0 bridgehead atoms. The number of rotatable bonds is 1. The Hall–Kier alpha value is -1.57. The van der Waals surface area contributed by atoms with E-state index in [4.69, 9.17) is 5.26 Å². The van der Waals surface area contributed by atoms with Gasteiger partial charge in [-0.3, -0.25) is 0 Å². The average Bonchev–Trinajstić information content (AvgIpc) is 2.03. The highest BCUT2D eigenvalue weighted by Gasteiger charge is 2.18. The molecule has 0 spiro atoms. The van der Waals surface area contributed by atoms with Gasteiger partial charge >= 0.3 is 0 Å². The van der Waals surface area contributed by atoms with E-state index < -0.39 is 17.9 Å². The van der Waals surface area contributed by atoms with Crippen LogP contribution in [0.3, 0.4) is 0 Å². The molecule has 1 heterocycles. The lowest BCUT2D eigenvalue weighted by atomic mass is 10.1. The fraction of sp³-hybridized carbons (Fsp3) is 0.143. The van der Waals surface area contributed by atoms with Gasteiger partial charge in [0.05, 0.1) is 17.2 Å². The SMILES string of the molecule is N#Cc1ccnc(F)c1C(F)F. The molecule has 0 atom stereocenters. The fourth-order valence-corrected chi connectivity index (χ4v) is 0.753. The van der Waals surface area contributed by atoms with E-state index in [2.05, 4.69) is 4.98 Å². The first-order chi connectivity index (χ1) is 5.66. The van der Waals surface area contributed by atoms with Crippen molar-refractivity contribution in [1.82, 2.24) is 4.98 Å². The molecule has 0 N–H and O–H groups in total. The zero-order chi connectivity index (χ0) is 9.14. The summed E-state index contributed by atoms with van der Waals surface area (Å²) in [4.78, 5) is 3.01. The van der Waals surface area contributed by atoms with Gasteiger partial charge in [-0.05, 0) is 6.07 Å². The molecule has 0 amide bonds. The summed E-state index contributed by atoms with van der Waals surface area (Å²) in [5.41, 5.74) is -1.31. The van der Waals surface area contributed by atoms with E-state index in [1.54, 1.807) is 0 Å². The minimum Gasteiger partial charge on any atom is -0.228 e. The van der Waals surface area contributed by atoms with Crippen molar-refractivity contribution in [2.75, 3.05) is 0 Å². The predicted octanol–water partition coefficient (Wildman–Crippen LogP) is 2.03. The normalized spacial score (nSPS) is 9.92. The van der Waals surface area contributed by atoms with Crippen LogP contribution in [0.5, 0.6) is 0 Å². The van der Waals surface area contributed by atoms with Crippen LogP contribution in [0.15, 0.2) is 12.3 Å². The van der Waals surface area contributed by atoms with Crippen LogP contribution in [0.4, 0.5) is 13.2 Å². The summed E-state index contributed by atoms with van der Waals surface area (Å²) in [6.07, 6.45) is -2.03. The molecule has 0 radical (unpaired) electrons. The molecule has 1 aromatic heterocycles. The number of pyridine rings is 1. The molecule has 0 aliphatic heterocycles. The summed E-state index contributed by atoms with van der Waals surface area (Å²) >= 11 is 0. The van der Waals surface area contributed by atoms with E-state index in [1.165, 1.54) is 6.07 Å². The predicted molar refractivity (Wildman–Crippen MR) is 33.9 cm³/mol. The molecule has 2 nitrogen and oxygen atoms in total. The van der Waals surface area contributed by atoms with Gasteiger partial charge < -0.3 is 0 Å². The highest BCUT2D eigenvalue weighted by Crippen LogP contribution is 2.23. The molecule has 5 heteroatoms. The highest BCUT2D eigenvalue weighted by atomic mass is 19.3. The smallest absolute Gasteiger partial charge is 0.228 e. The van der Waals surface area contributed by atoms with Crippen LogP contribution >= 0.6 is 0 Å². The summed E-state index contributed by atoms with van der Waals surface area (Å²) in [5, 5.41) is 8.31. The van der Waals surface area contributed by atoms with Crippen LogP contribution in [0.25, 0.3) is 0 Å². The zero-order valence-corrected chi connectivity index (χ0v) is 5.76. The Kier molecular flexibility index (Phi) is 2.29. The Morgan fingerprint density at radius 2 is 2.17 bits per heavy atom. The zero-order valence-electron chi connectivity index (χ0n) is 5.76. The minimum atomic E-state index is -3.01. The Labute approximate surface area is 66.3 Å². The number of hydrogen-bond acceptors (Lipinski definition) is 2. The van der Waals surface area contributed by atoms with Gasteiger partial charge in [0.1, 0.15) is 0 Å². The first-order valence-electron chi connectivity index (χ1n) is 2.99. The van der Waals surface area contributed by atoms with Crippen molar-refractivity contribution in [3.05, 3.63) is 29.3 Å². The molecular formula is C7H3F3N2. The standard InChI is InChI=1S/C7H3F3N2/c8-6(9)5-4(3-11)1-2-12-7(5)10/h1-2,6H. The first kappa shape index (κ1) is 8.53. The topological polar surface area (TPSA) is 36.7 Å². The molecule has 0 aliphatic carbocycles. The first-order valence-corrected chi connectivity index (χ1v) is 2.99. The lowest BCUT2D eigenvalue weighted by Crippen LogP contribution is -1.97. The number of aromatic nitrogens is 1. The van der Waals surface area contributed by atoms with Crippen molar-refractivity contribution in [3.63, 3.8) is 0 Å². The third kappa shape index (κ3) is 1.37. The highest BCUT2D eigenvalue weighted by molar-refractivity contribution is 5.36. The Morgan fingerprint density at radius 3 is 2.58 bits per heavy atom. The maximum Gasteiger partial charge on any atom is 0.269 e. The van der Waals surface area contributed by atoms with Gasteiger partial charge in [0.15, 0.2) is 0 Å². The van der Waals surface area contributed by atoms with E-state index in [-0.39, 0.29) is 5.56 Å². The minimum absolute atomic E-state index is 0.377. The van der Waals surface area contributed by atoms with Crippen LogP contribution < -0.4 is 0 Å². The van der Waals surface area contributed by atoms with Crippen LogP contribution in [-0.4, -0.2) is 4.98 Å². The van der Waals surface area contributed by atoms with Crippen molar-refractivity contribution in [2.24, 2.45) is 0 Å². The van der Waals surface area contributed by atoms with Gasteiger partial charge in [0, 0.05) is 6.20 Å². The van der Waals surface area contributed by atoms with Gasteiger partial charge in [0.25, 0.3) is 6.43 Å². The van der Waals surface area contributed by atoms with Crippen LogP contribution in [0.2, 0.25) is 0 Å². The molecule has 0 saturated carbocycles. The molecule has 0 aliphatic rings. The molecule has 0 aromatic carbocycles. The second-order valence-electron chi connectivity index (χ2n) is 1.98. The lowest BCUT2D eigenvalue weighted by molar-refractivity contribution is 0.144. The van der Waals surface area contributed by atoms with Crippen LogP contribution in [0, 0.1) is 17.3 Å². The number of hydrogen-bond donors (Lipinski definition) is 0. The van der Waals surface area contributed by atoms with Gasteiger partial charge in [-0.25, -0.2) is 13.8 Å². The summed E-state index contributed by atoms with van der Waals surface area (Å²) in [6.45, 7) is 0. The van der Waals surface area contributed by atoms with Gasteiger partial charge in [-0.2, -0.15) is 9.65 Å². The van der Waals surface area contributed by atoms with Crippen molar-refractivity contribution in [2.45, 2.75) is 6.43 Å². The third-order valence-electron chi connectivity index (χ3n) is 1.28. The largest absolute Gasteiger partial charge is 0.269 e. The fourth-order valence-electron chi connectivity index (χ4n) is 0.753. The second-order valence-corrected chi connectivity index (χ2v) is 1.98. The Bertz CT molecular complexity index is 330. The van der Waals surface area contributed by atoms with Crippen LogP contribution in [0.1, 0.15) is 17.6 Å². The number of alkyl halides is 2. The van der Waals surface area contributed by atoms with E-state index >= 15 is 0 Å². The van der Waals surface area contributed by atoms with E-state index in [1.807, 2.05) is 0 Å². The maximum absolute atomic E-state index is 12.5. The summed E-state index contributed by atoms with van der Waals surface area (Å²) in [6, 6.07) is 2.50. The molecule has 0 unspecified atom stereocenters.